The molecule has 3 rings (SSSR count). The molecule has 1 aromatic carbocycles. The molecule has 0 atom stereocenters. The SMILES string of the molecule is O=C(NCCc1ccccc1F)c1ccc(-c2ccoc2)cn1. The Labute approximate surface area is 133 Å². The lowest BCUT2D eigenvalue weighted by Crippen LogP contribution is -2.26. The third kappa shape index (κ3) is 3.63. The van der Waals surface area contributed by atoms with Crippen molar-refractivity contribution in [2.75, 3.05) is 6.54 Å². The van der Waals surface area contributed by atoms with Gasteiger partial charge in [0.1, 0.15) is 11.5 Å². The van der Waals surface area contributed by atoms with Gasteiger partial charge in [0.05, 0.1) is 12.5 Å². The quantitative estimate of drug-likeness (QED) is 0.785. The fourth-order valence-corrected chi connectivity index (χ4v) is 2.23. The number of carbonyl (C=O) groups is 1. The number of hydrogen-bond acceptors (Lipinski definition) is 3. The number of amides is 1. The zero-order valence-electron chi connectivity index (χ0n) is 12.3. The minimum Gasteiger partial charge on any atom is -0.472 e. The summed E-state index contributed by atoms with van der Waals surface area (Å²) >= 11 is 0. The Hall–Kier alpha value is -2.95. The maximum absolute atomic E-state index is 13.5. The van der Waals surface area contributed by atoms with Gasteiger partial charge in [0.15, 0.2) is 0 Å². The van der Waals surface area contributed by atoms with Crippen molar-refractivity contribution in [3.05, 3.63) is 78.3 Å². The van der Waals surface area contributed by atoms with Crippen LogP contribution in [0.15, 0.2) is 65.6 Å². The molecule has 3 aromatic rings. The minimum atomic E-state index is -0.278. The van der Waals surface area contributed by atoms with Crippen molar-refractivity contribution in [3.8, 4) is 11.1 Å². The Morgan fingerprint density at radius 3 is 2.70 bits per heavy atom. The summed E-state index contributed by atoms with van der Waals surface area (Å²) in [6.07, 6.45) is 5.26. The molecule has 116 valence electrons. The van der Waals surface area contributed by atoms with Crippen molar-refractivity contribution < 1.29 is 13.6 Å². The summed E-state index contributed by atoms with van der Waals surface area (Å²) in [5, 5.41) is 2.74. The molecule has 0 bridgehead atoms. The number of hydrogen-bond donors (Lipinski definition) is 1. The zero-order valence-corrected chi connectivity index (χ0v) is 12.3. The molecule has 23 heavy (non-hydrogen) atoms. The lowest BCUT2D eigenvalue weighted by atomic mass is 10.1. The van der Waals surface area contributed by atoms with E-state index in [9.17, 15) is 9.18 Å². The predicted molar refractivity (Wildman–Crippen MR) is 84.4 cm³/mol. The molecule has 0 saturated heterocycles. The van der Waals surface area contributed by atoms with Crippen LogP contribution in [0.4, 0.5) is 4.39 Å². The first kappa shape index (κ1) is 15.0. The van der Waals surface area contributed by atoms with Crippen LogP contribution >= 0.6 is 0 Å². The number of rotatable bonds is 5. The molecule has 0 aliphatic rings. The van der Waals surface area contributed by atoms with E-state index in [1.54, 1.807) is 43.0 Å². The van der Waals surface area contributed by atoms with E-state index in [4.69, 9.17) is 4.42 Å². The largest absolute Gasteiger partial charge is 0.472 e. The number of nitrogens with zero attached hydrogens (tertiary/aromatic N) is 1. The van der Waals surface area contributed by atoms with Gasteiger partial charge in [-0.15, -0.1) is 0 Å². The van der Waals surface area contributed by atoms with Gasteiger partial charge in [-0.25, -0.2) is 4.39 Å². The van der Waals surface area contributed by atoms with E-state index < -0.39 is 0 Å². The van der Waals surface area contributed by atoms with Crippen LogP contribution in [0.1, 0.15) is 16.1 Å². The van der Waals surface area contributed by atoms with Crippen LogP contribution in [0.2, 0.25) is 0 Å². The molecular weight excluding hydrogens is 295 g/mol. The summed E-state index contributed by atoms with van der Waals surface area (Å²) in [4.78, 5) is 16.2. The highest BCUT2D eigenvalue weighted by atomic mass is 19.1. The van der Waals surface area contributed by atoms with Gasteiger partial charge in [-0.05, 0) is 30.2 Å². The van der Waals surface area contributed by atoms with Gasteiger partial charge in [0.2, 0.25) is 0 Å². The fraction of sp³-hybridized carbons (Fsp3) is 0.111. The summed E-state index contributed by atoms with van der Waals surface area (Å²) in [6.45, 7) is 0.352. The first-order valence-electron chi connectivity index (χ1n) is 7.24. The van der Waals surface area contributed by atoms with Gasteiger partial charge in [0, 0.05) is 23.9 Å². The highest BCUT2D eigenvalue weighted by molar-refractivity contribution is 5.92. The highest BCUT2D eigenvalue weighted by Crippen LogP contribution is 2.18. The summed E-state index contributed by atoms with van der Waals surface area (Å²) in [7, 11) is 0. The van der Waals surface area contributed by atoms with Crippen molar-refractivity contribution >= 4 is 5.91 Å². The molecule has 0 aliphatic heterocycles. The van der Waals surface area contributed by atoms with Gasteiger partial charge < -0.3 is 9.73 Å². The maximum atomic E-state index is 13.5. The Balaban J connectivity index is 1.57. The fourth-order valence-electron chi connectivity index (χ4n) is 2.23. The Morgan fingerprint density at radius 1 is 1.13 bits per heavy atom. The summed E-state index contributed by atoms with van der Waals surface area (Å²) in [5.74, 6) is -0.538. The smallest absolute Gasteiger partial charge is 0.269 e. The average Bonchev–Trinajstić information content (AvgIpc) is 3.11. The van der Waals surface area contributed by atoms with E-state index >= 15 is 0 Å². The Kier molecular flexibility index (Phi) is 4.47. The monoisotopic (exact) mass is 310 g/mol. The number of furan rings is 1. The molecule has 1 amide bonds. The molecular formula is C18H15FN2O2. The highest BCUT2D eigenvalue weighted by Gasteiger charge is 2.08. The van der Waals surface area contributed by atoms with E-state index in [1.165, 1.54) is 6.07 Å². The molecule has 0 spiro atoms. The molecule has 0 saturated carbocycles. The Bertz CT molecular complexity index is 783. The number of pyridine rings is 1. The molecule has 4 nitrogen and oxygen atoms in total. The number of benzene rings is 1. The molecule has 0 fully saturated rings. The maximum Gasteiger partial charge on any atom is 0.269 e. The van der Waals surface area contributed by atoms with Crippen LogP contribution in [0.5, 0.6) is 0 Å². The summed E-state index contributed by atoms with van der Waals surface area (Å²) in [5.41, 5.74) is 2.69. The van der Waals surface area contributed by atoms with Crippen LogP contribution < -0.4 is 5.32 Å². The number of nitrogens with one attached hydrogen (secondary N) is 1. The molecule has 5 heteroatoms. The van der Waals surface area contributed by atoms with E-state index in [1.807, 2.05) is 12.1 Å². The number of carbonyl (C=O) groups excluding carboxylic acids is 1. The normalized spacial score (nSPS) is 10.5. The van der Waals surface area contributed by atoms with Gasteiger partial charge in [-0.2, -0.15) is 0 Å². The first-order chi connectivity index (χ1) is 11.2. The van der Waals surface area contributed by atoms with E-state index in [-0.39, 0.29) is 11.7 Å². The van der Waals surface area contributed by atoms with E-state index in [2.05, 4.69) is 10.3 Å². The van der Waals surface area contributed by atoms with Crippen molar-refractivity contribution in [1.82, 2.24) is 10.3 Å². The second kappa shape index (κ2) is 6.87. The van der Waals surface area contributed by atoms with Crippen LogP contribution in [-0.4, -0.2) is 17.4 Å². The number of halogens is 1. The van der Waals surface area contributed by atoms with Gasteiger partial charge in [-0.1, -0.05) is 24.3 Å². The molecule has 0 aliphatic carbocycles. The van der Waals surface area contributed by atoms with Gasteiger partial charge in [0.25, 0.3) is 5.91 Å². The third-order valence-corrected chi connectivity index (χ3v) is 3.49. The molecule has 0 radical (unpaired) electrons. The lowest BCUT2D eigenvalue weighted by molar-refractivity contribution is 0.0949. The minimum absolute atomic E-state index is 0.260. The van der Waals surface area contributed by atoms with Crippen LogP contribution in [0.25, 0.3) is 11.1 Å². The van der Waals surface area contributed by atoms with Crippen molar-refractivity contribution in [2.24, 2.45) is 0 Å². The van der Waals surface area contributed by atoms with Gasteiger partial charge in [-0.3, -0.25) is 9.78 Å². The van der Waals surface area contributed by atoms with E-state index in [0.717, 1.165) is 11.1 Å². The van der Waals surface area contributed by atoms with E-state index in [0.29, 0.717) is 24.2 Å². The zero-order chi connectivity index (χ0) is 16.1. The van der Waals surface area contributed by atoms with Crippen molar-refractivity contribution in [1.29, 1.82) is 0 Å². The molecule has 0 unspecified atom stereocenters. The predicted octanol–water partition coefficient (Wildman–Crippen LogP) is 3.45. The second-order valence-corrected chi connectivity index (χ2v) is 5.04. The Morgan fingerprint density at radius 2 is 2.00 bits per heavy atom. The van der Waals surface area contributed by atoms with Crippen molar-refractivity contribution in [3.63, 3.8) is 0 Å². The molecule has 1 N–H and O–H groups in total. The van der Waals surface area contributed by atoms with Crippen LogP contribution in [0.3, 0.4) is 0 Å². The van der Waals surface area contributed by atoms with Crippen LogP contribution in [0, 0.1) is 5.82 Å². The summed E-state index contributed by atoms with van der Waals surface area (Å²) in [6, 6.07) is 11.8. The molecule has 2 aromatic heterocycles. The van der Waals surface area contributed by atoms with Crippen LogP contribution in [-0.2, 0) is 6.42 Å². The van der Waals surface area contributed by atoms with Gasteiger partial charge >= 0.3 is 0 Å². The second-order valence-electron chi connectivity index (χ2n) is 5.04. The lowest BCUT2D eigenvalue weighted by Gasteiger charge is -2.06. The first-order valence-corrected chi connectivity index (χ1v) is 7.24. The van der Waals surface area contributed by atoms with Crippen molar-refractivity contribution in [2.45, 2.75) is 6.42 Å². The third-order valence-electron chi connectivity index (χ3n) is 3.49. The molecule has 2 heterocycles. The average molecular weight is 310 g/mol. The topological polar surface area (TPSA) is 55.1 Å². The number of aromatic nitrogens is 1. The standard InChI is InChI=1S/C18H15FN2O2/c19-16-4-2-1-3-13(16)7-9-20-18(22)17-6-5-14(11-21-17)15-8-10-23-12-15/h1-6,8,10-12H,7,9H2,(H,20,22). The summed E-state index contributed by atoms with van der Waals surface area (Å²) < 4.78 is 18.5.